The fourth-order valence-electron chi connectivity index (χ4n) is 2.36. The van der Waals surface area contributed by atoms with Gasteiger partial charge in [-0.2, -0.15) is 0 Å². The highest BCUT2D eigenvalue weighted by Gasteiger charge is 2.35. The summed E-state index contributed by atoms with van der Waals surface area (Å²) in [4.78, 5) is 0. The molecular formula is C13H27NO. The van der Waals surface area contributed by atoms with Crippen molar-refractivity contribution in [3.05, 3.63) is 0 Å². The molecule has 0 spiro atoms. The van der Waals surface area contributed by atoms with Crippen molar-refractivity contribution in [1.29, 1.82) is 0 Å². The Hall–Kier alpha value is -0.0800. The van der Waals surface area contributed by atoms with Crippen LogP contribution < -0.4 is 5.32 Å². The molecule has 15 heavy (non-hydrogen) atoms. The minimum atomic E-state index is 0.0914. The first-order valence-electron chi connectivity index (χ1n) is 6.29. The smallest absolute Gasteiger partial charge is 0.0805 e. The van der Waals surface area contributed by atoms with E-state index in [4.69, 9.17) is 4.74 Å². The summed E-state index contributed by atoms with van der Waals surface area (Å²) in [6.07, 6.45) is 3.74. The van der Waals surface area contributed by atoms with Gasteiger partial charge in [-0.25, -0.2) is 0 Å². The lowest BCUT2D eigenvalue weighted by molar-refractivity contribution is -0.130. The Kier molecular flexibility index (Phi) is 4.19. The molecular weight excluding hydrogens is 186 g/mol. The van der Waals surface area contributed by atoms with Crippen LogP contribution in [0, 0.1) is 5.41 Å². The summed E-state index contributed by atoms with van der Waals surface area (Å²) >= 11 is 0. The molecule has 0 radical (unpaired) electrons. The van der Waals surface area contributed by atoms with Gasteiger partial charge in [-0.1, -0.05) is 34.6 Å². The van der Waals surface area contributed by atoms with E-state index >= 15 is 0 Å². The predicted molar refractivity (Wildman–Crippen MR) is 65.1 cm³/mol. The molecule has 1 unspecified atom stereocenters. The molecule has 1 N–H and O–H groups in total. The number of rotatable bonds is 3. The van der Waals surface area contributed by atoms with Crippen LogP contribution in [0.5, 0.6) is 0 Å². The molecule has 0 bridgehead atoms. The molecule has 1 aliphatic rings. The van der Waals surface area contributed by atoms with Gasteiger partial charge in [0, 0.05) is 13.1 Å². The molecule has 1 atom stereocenters. The van der Waals surface area contributed by atoms with Crippen LogP contribution in [0.25, 0.3) is 0 Å². The van der Waals surface area contributed by atoms with Gasteiger partial charge in [-0.05, 0) is 24.7 Å². The fraction of sp³-hybridized carbons (Fsp3) is 1.00. The standard InChI is InChI=1S/C13H27NO/c1-6-13(7-2)10-14-9-11(15-13)8-12(3,4)5/h11,14H,6-10H2,1-5H3. The zero-order valence-electron chi connectivity index (χ0n) is 11.0. The molecule has 0 amide bonds. The molecule has 0 aromatic rings. The van der Waals surface area contributed by atoms with Crippen LogP contribution >= 0.6 is 0 Å². The van der Waals surface area contributed by atoms with Gasteiger partial charge >= 0.3 is 0 Å². The quantitative estimate of drug-likeness (QED) is 0.778. The highest BCUT2D eigenvalue weighted by atomic mass is 16.5. The fourth-order valence-corrected chi connectivity index (χ4v) is 2.36. The molecule has 2 heteroatoms. The van der Waals surface area contributed by atoms with Crippen LogP contribution in [0.15, 0.2) is 0 Å². The Labute approximate surface area is 94.8 Å². The van der Waals surface area contributed by atoms with Crippen LogP contribution in [0.2, 0.25) is 0 Å². The summed E-state index contributed by atoms with van der Waals surface area (Å²) in [6.45, 7) is 13.3. The van der Waals surface area contributed by atoms with E-state index in [9.17, 15) is 0 Å². The van der Waals surface area contributed by atoms with Crippen LogP contribution in [-0.4, -0.2) is 24.8 Å². The predicted octanol–water partition coefficient (Wildman–Crippen LogP) is 2.97. The lowest BCUT2D eigenvalue weighted by atomic mass is 9.87. The van der Waals surface area contributed by atoms with Gasteiger partial charge in [0.15, 0.2) is 0 Å². The monoisotopic (exact) mass is 213 g/mol. The van der Waals surface area contributed by atoms with Crippen molar-refractivity contribution in [3.63, 3.8) is 0 Å². The minimum Gasteiger partial charge on any atom is -0.369 e. The molecule has 0 aromatic heterocycles. The molecule has 1 fully saturated rings. The first-order chi connectivity index (χ1) is 6.91. The second-order valence-corrected chi connectivity index (χ2v) is 6.03. The Morgan fingerprint density at radius 3 is 2.33 bits per heavy atom. The number of hydrogen-bond acceptors (Lipinski definition) is 2. The van der Waals surface area contributed by atoms with Crippen LogP contribution in [-0.2, 0) is 4.74 Å². The number of hydrogen-bond donors (Lipinski definition) is 1. The Morgan fingerprint density at radius 1 is 1.27 bits per heavy atom. The maximum absolute atomic E-state index is 6.29. The van der Waals surface area contributed by atoms with Gasteiger partial charge < -0.3 is 10.1 Å². The zero-order valence-corrected chi connectivity index (χ0v) is 11.0. The molecule has 1 saturated heterocycles. The molecule has 2 nitrogen and oxygen atoms in total. The van der Waals surface area contributed by atoms with Crippen molar-refractivity contribution in [2.75, 3.05) is 13.1 Å². The highest BCUT2D eigenvalue weighted by molar-refractivity contribution is 4.88. The van der Waals surface area contributed by atoms with E-state index in [2.05, 4.69) is 39.9 Å². The average molecular weight is 213 g/mol. The Morgan fingerprint density at radius 2 is 1.87 bits per heavy atom. The van der Waals surface area contributed by atoms with Gasteiger partial charge in [-0.3, -0.25) is 0 Å². The third-order valence-corrected chi connectivity index (χ3v) is 3.36. The van der Waals surface area contributed by atoms with Crippen molar-refractivity contribution in [3.8, 4) is 0 Å². The molecule has 1 heterocycles. The third-order valence-electron chi connectivity index (χ3n) is 3.36. The molecule has 0 aromatic carbocycles. The SMILES string of the molecule is CCC1(CC)CNCC(CC(C)(C)C)O1. The molecule has 0 saturated carbocycles. The van der Waals surface area contributed by atoms with Gasteiger partial charge in [0.25, 0.3) is 0 Å². The average Bonchev–Trinajstić information content (AvgIpc) is 2.15. The van der Waals surface area contributed by atoms with E-state index in [0.29, 0.717) is 11.5 Å². The van der Waals surface area contributed by atoms with Crippen molar-refractivity contribution in [1.82, 2.24) is 5.32 Å². The summed E-state index contributed by atoms with van der Waals surface area (Å²) in [5, 5.41) is 3.53. The van der Waals surface area contributed by atoms with Gasteiger partial charge in [-0.15, -0.1) is 0 Å². The Bertz CT molecular complexity index is 191. The molecule has 90 valence electrons. The van der Waals surface area contributed by atoms with Crippen molar-refractivity contribution in [2.24, 2.45) is 5.41 Å². The number of nitrogens with one attached hydrogen (secondary N) is 1. The topological polar surface area (TPSA) is 21.3 Å². The highest BCUT2D eigenvalue weighted by Crippen LogP contribution is 2.30. The molecule has 1 rings (SSSR count). The zero-order chi connectivity index (χ0) is 11.5. The minimum absolute atomic E-state index is 0.0914. The first kappa shape index (κ1) is 13.0. The Balaban J connectivity index is 2.55. The van der Waals surface area contributed by atoms with E-state index < -0.39 is 0 Å². The van der Waals surface area contributed by atoms with Crippen LogP contribution in [0.1, 0.15) is 53.9 Å². The van der Waals surface area contributed by atoms with E-state index in [0.717, 1.165) is 32.4 Å². The van der Waals surface area contributed by atoms with E-state index in [1.165, 1.54) is 0 Å². The van der Waals surface area contributed by atoms with Crippen molar-refractivity contribution >= 4 is 0 Å². The largest absolute Gasteiger partial charge is 0.369 e. The summed E-state index contributed by atoms with van der Waals surface area (Å²) in [5.41, 5.74) is 0.449. The third kappa shape index (κ3) is 3.76. The molecule has 1 aliphatic heterocycles. The van der Waals surface area contributed by atoms with Crippen molar-refractivity contribution in [2.45, 2.75) is 65.6 Å². The van der Waals surface area contributed by atoms with Crippen LogP contribution in [0.3, 0.4) is 0 Å². The van der Waals surface area contributed by atoms with Crippen LogP contribution in [0.4, 0.5) is 0 Å². The summed E-state index contributed by atoms with van der Waals surface area (Å²) in [7, 11) is 0. The first-order valence-corrected chi connectivity index (χ1v) is 6.29. The second kappa shape index (κ2) is 4.84. The van der Waals surface area contributed by atoms with Gasteiger partial charge in [0.1, 0.15) is 0 Å². The van der Waals surface area contributed by atoms with Gasteiger partial charge in [0.2, 0.25) is 0 Å². The van der Waals surface area contributed by atoms with E-state index in [1.54, 1.807) is 0 Å². The van der Waals surface area contributed by atoms with E-state index in [-0.39, 0.29) is 5.60 Å². The van der Waals surface area contributed by atoms with E-state index in [1.807, 2.05) is 0 Å². The van der Waals surface area contributed by atoms with Crippen molar-refractivity contribution < 1.29 is 4.74 Å². The molecule has 0 aliphatic carbocycles. The summed E-state index contributed by atoms with van der Waals surface area (Å²) < 4.78 is 6.29. The summed E-state index contributed by atoms with van der Waals surface area (Å²) in [6, 6.07) is 0. The lowest BCUT2D eigenvalue weighted by Gasteiger charge is -2.42. The lowest BCUT2D eigenvalue weighted by Crippen LogP contribution is -2.54. The normalized spacial score (nSPS) is 26.6. The summed E-state index contributed by atoms with van der Waals surface area (Å²) in [5.74, 6) is 0. The van der Waals surface area contributed by atoms with Gasteiger partial charge in [0.05, 0.1) is 11.7 Å². The maximum Gasteiger partial charge on any atom is 0.0805 e. The maximum atomic E-state index is 6.29. The number of ether oxygens (including phenoxy) is 1. The number of morpholine rings is 1. The second-order valence-electron chi connectivity index (χ2n) is 6.03.